The van der Waals surface area contributed by atoms with Gasteiger partial charge in [-0.05, 0) is 55.3 Å². The second-order valence-corrected chi connectivity index (χ2v) is 9.06. The van der Waals surface area contributed by atoms with E-state index < -0.39 is 5.60 Å². The Kier molecular flexibility index (Phi) is 5.36. The molecule has 2 aliphatic rings. The molecule has 0 amide bonds. The van der Waals surface area contributed by atoms with Crippen molar-refractivity contribution in [2.24, 2.45) is 5.92 Å². The molecule has 0 aromatic heterocycles. The highest BCUT2D eigenvalue weighted by Gasteiger charge is 2.40. The molecule has 0 radical (unpaired) electrons. The summed E-state index contributed by atoms with van der Waals surface area (Å²) in [7, 11) is 0. The van der Waals surface area contributed by atoms with Gasteiger partial charge in [-0.3, -0.25) is 0 Å². The Morgan fingerprint density at radius 1 is 1.00 bits per heavy atom. The maximum Gasteiger partial charge on any atom is 0.0936 e. The number of nitrogens with zero attached hydrogens (tertiary/aromatic N) is 1. The van der Waals surface area contributed by atoms with Crippen LogP contribution in [0.4, 0.5) is 0 Å². The minimum absolute atomic E-state index is 0.166. The highest BCUT2D eigenvalue weighted by molar-refractivity contribution is 5.31. The van der Waals surface area contributed by atoms with E-state index in [0.29, 0.717) is 5.92 Å². The van der Waals surface area contributed by atoms with Crippen LogP contribution in [0.1, 0.15) is 76.8 Å². The molecule has 1 N–H and O–H groups in total. The van der Waals surface area contributed by atoms with Crippen molar-refractivity contribution in [1.29, 1.82) is 0 Å². The van der Waals surface area contributed by atoms with Gasteiger partial charge in [-0.15, -0.1) is 0 Å². The van der Waals surface area contributed by atoms with Crippen LogP contribution in [-0.4, -0.2) is 29.6 Å². The molecule has 1 saturated carbocycles. The van der Waals surface area contributed by atoms with E-state index >= 15 is 0 Å². The zero-order valence-electron chi connectivity index (χ0n) is 15.9. The standard InChI is InChI=1S/C22H35NO/c1-21(2,3)18-10-12-19(13-11-18)22(24)14-6-4-5-9-20(22)17-23-15-7-8-16-23/h10-13,20,24H,4-9,14-17H2,1-3H3. The lowest BCUT2D eigenvalue weighted by atomic mass is 9.76. The largest absolute Gasteiger partial charge is 0.385 e. The van der Waals surface area contributed by atoms with Crippen LogP contribution >= 0.6 is 0 Å². The van der Waals surface area contributed by atoms with Crippen molar-refractivity contribution in [3.8, 4) is 0 Å². The predicted octanol–water partition coefficient (Wildman–Crippen LogP) is 4.85. The highest BCUT2D eigenvalue weighted by Crippen LogP contribution is 2.41. The zero-order valence-corrected chi connectivity index (χ0v) is 15.9. The normalized spacial score (nSPS) is 29.6. The average molecular weight is 330 g/mol. The summed E-state index contributed by atoms with van der Waals surface area (Å²) < 4.78 is 0. The van der Waals surface area contributed by atoms with Gasteiger partial charge in [-0.2, -0.15) is 0 Å². The average Bonchev–Trinajstić information content (AvgIpc) is 2.98. The van der Waals surface area contributed by atoms with Crippen molar-refractivity contribution in [1.82, 2.24) is 4.90 Å². The topological polar surface area (TPSA) is 23.5 Å². The van der Waals surface area contributed by atoms with E-state index in [2.05, 4.69) is 49.9 Å². The second-order valence-electron chi connectivity index (χ2n) is 9.06. The molecule has 1 aromatic rings. The summed E-state index contributed by atoms with van der Waals surface area (Å²) in [6, 6.07) is 8.85. The fourth-order valence-corrected chi connectivity index (χ4v) is 4.56. The van der Waals surface area contributed by atoms with Gasteiger partial charge in [0, 0.05) is 12.5 Å². The van der Waals surface area contributed by atoms with Gasteiger partial charge >= 0.3 is 0 Å². The van der Waals surface area contributed by atoms with E-state index in [1.807, 2.05) is 0 Å². The van der Waals surface area contributed by atoms with Crippen molar-refractivity contribution in [2.75, 3.05) is 19.6 Å². The van der Waals surface area contributed by atoms with E-state index in [9.17, 15) is 5.11 Å². The smallest absolute Gasteiger partial charge is 0.0936 e. The summed E-state index contributed by atoms with van der Waals surface area (Å²) in [4.78, 5) is 2.57. The lowest BCUT2D eigenvalue weighted by molar-refractivity contribution is -0.0410. The Morgan fingerprint density at radius 2 is 1.67 bits per heavy atom. The Bertz CT molecular complexity index is 524. The van der Waals surface area contributed by atoms with Gasteiger partial charge in [0.05, 0.1) is 5.60 Å². The zero-order chi connectivity index (χ0) is 17.2. The quantitative estimate of drug-likeness (QED) is 0.802. The van der Waals surface area contributed by atoms with Crippen molar-refractivity contribution in [2.45, 2.75) is 76.7 Å². The fourth-order valence-electron chi connectivity index (χ4n) is 4.56. The lowest BCUT2D eigenvalue weighted by Crippen LogP contribution is -2.41. The van der Waals surface area contributed by atoms with Crippen LogP contribution in [0.15, 0.2) is 24.3 Å². The van der Waals surface area contributed by atoms with Gasteiger partial charge in [-0.1, -0.05) is 64.3 Å². The molecule has 1 saturated heterocycles. The number of benzene rings is 1. The summed E-state index contributed by atoms with van der Waals surface area (Å²) in [6.45, 7) is 10.2. The van der Waals surface area contributed by atoms with Crippen molar-refractivity contribution < 1.29 is 5.11 Å². The monoisotopic (exact) mass is 329 g/mol. The van der Waals surface area contributed by atoms with Crippen LogP contribution in [-0.2, 0) is 11.0 Å². The second kappa shape index (κ2) is 7.17. The molecule has 0 spiro atoms. The molecule has 2 heteroatoms. The van der Waals surface area contributed by atoms with E-state index in [1.165, 1.54) is 44.3 Å². The molecule has 134 valence electrons. The number of hydrogen-bond donors (Lipinski definition) is 1. The Hall–Kier alpha value is -0.860. The summed E-state index contributed by atoms with van der Waals surface area (Å²) in [5.41, 5.74) is 2.01. The lowest BCUT2D eigenvalue weighted by Gasteiger charge is -2.38. The first-order valence-corrected chi connectivity index (χ1v) is 9.95. The number of rotatable bonds is 3. The molecule has 2 fully saturated rings. The van der Waals surface area contributed by atoms with Crippen molar-refractivity contribution in [3.63, 3.8) is 0 Å². The minimum atomic E-state index is -0.643. The number of likely N-dealkylation sites (tertiary alicyclic amines) is 1. The van der Waals surface area contributed by atoms with Crippen LogP contribution in [0.2, 0.25) is 0 Å². The number of hydrogen-bond acceptors (Lipinski definition) is 2. The maximum absolute atomic E-state index is 11.7. The van der Waals surface area contributed by atoms with Gasteiger partial charge in [-0.25, -0.2) is 0 Å². The predicted molar refractivity (Wildman–Crippen MR) is 101 cm³/mol. The van der Waals surface area contributed by atoms with Crippen LogP contribution in [0.3, 0.4) is 0 Å². The SMILES string of the molecule is CC(C)(C)c1ccc(C2(O)CCCCCC2CN2CCCC2)cc1. The molecule has 0 bridgehead atoms. The fraction of sp³-hybridized carbons (Fsp3) is 0.727. The van der Waals surface area contributed by atoms with Gasteiger partial charge in [0.15, 0.2) is 0 Å². The summed E-state index contributed by atoms with van der Waals surface area (Å²) in [6.07, 6.45) is 8.40. The molecule has 2 unspecified atom stereocenters. The van der Waals surface area contributed by atoms with Gasteiger partial charge in [0.2, 0.25) is 0 Å². The van der Waals surface area contributed by atoms with Gasteiger partial charge in [0.25, 0.3) is 0 Å². The third-order valence-corrected chi connectivity index (χ3v) is 6.21. The Balaban J connectivity index is 1.84. The summed E-state index contributed by atoms with van der Waals surface area (Å²) >= 11 is 0. The van der Waals surface area contributed by atoms with E-state index in [0.717, 1.165) is 31.4 Å². The minimum Gasteiger partial charge on any atom is -0.385 e. The van der Waals surface area contributed by atoms with Crippen molar-refractivity contribution >= 4 is 0 Å². The molecule has 2 atom stereocenters. The van der Waals surface area contributed by atoms with Crippen LogP contribution in [0.5, 0.6) is 0 Å². The third kappa shape index (κ3) is 3.86. The Labute approximate surface area is 148 Å². The van der Waals surface area contributed by atoms with E-state index in [-0.39, 0.29) is 5.41 Å². The Morgan fingerprint density at radius 3 is 2.29 bits per heavy atom. The van der Waals surface area contributed by atoms with Crippen molar-refractivity contribution in [3.05, 3.63) is 35.4 Å². The molecular formula is C22H35NO. The van der Waals surface area contributed by atoms with Crippen LogP contribution in [0, 0.1) is 5.92 Å². The molecule has 24 heavy (non-hydrogen) atoms. The molecule has 1 aromatic carbocycles. The first-order valence-electron chi connectivity index (χ1n) is 9.95. The van der Waals surface area contributed by atoms with Gasteiger partial charge in [0.1, 0.15) is 0 Å². The van der Waals surface area contributed by atoms with E-state index in [4.69, 9.17) is 0 Å². The first-order chi connectivity index (χ1) is 11.4. The van der Waals surface area contributed by atoms with E-state index in [1.54, 1.807) is 0 Å². The van der Waals surface area contributed by atoms with Crippen LogP contribution in [0.25, 0.3) is 0 Å². The molecular weight excluding hydrogens is 294 g/mol. The summed E-state index contributed by atoms with van der Waals surface area (Å²) in [5.74, 6) is 0.374. The summed E-state index contributed by atoms with van der Waals surface area (Å²) in [5, 5.41) is 11.7. The molecule has 3 rings (SSSR count). The van der Waals surface area contributed by atoms with Crippen LogP contribution < -0.4 is 0 Å². The van der Waals surface area contributed by atoms with Gasteiger partial charge < -0.3 is 10.0 Å². The number of aliphatic hydroxyl groups is 1. The first kappa shape index (κ1) is 17.9. The molecule has 1 heterocycles. The molecule has 1 aliphatic carbocycles. The molecule has 2 nitrogen and oxygen atoms in total. The third-order valence-electron chi connectivity index (χ3n) is 6.21. The maximum atomic E-state index is 11.7. The highest BCUT2D eigenvalue weighted by atomic mass is 16.3. The molecule has 1 aliphatic heterocycles.